The zero-order valence-corrected chi connectivity index (χ0v) is 74.3. The standard InChI is InChI=1S/C22H24FN3O3S2.C22H26N4O5S.C20H21ClN4O4S2.C20H22N4O3S2/c23-18-4-2-1-3-17(18)15-26-12-9-16(10-13-26)11-14-31(28,29)22-8-6-20(30-22)19-5-7-21(27)25-24-19;1-15-3-5-17(6-4-15)31-12-11-25-7-9-26(10-8-25)32(29,30)20-14-19-18(13-16(20)2)23-21(27)22(28)24-19;21-15-1-3-16(4-2-15)29-14-13-24-9-11-25(12-10-24)31(27,28)20-8-6-18(30-20)17-5-7-19(26)23-22-17;1-14-3-4-15(2)17(13-14)23-9-11-24(12-10-23)29(26,27)20-8-6-18(28-20)16-5-7-19(25)22-21-16/h1-8,16H,9-15H2,(H,25,27);3-6,13-14H,7-12H2,1-2H3,(H,23,27)(H,24,28);1-8H,9-14H2,(H,23,26);3-8,13H,9-12H2,1-2H3,(H,22,25). The number of likely N-dealkylation sites (tertiary alicyclic amines) is 1. The van der Waals surface area contributed by atoms with Gasteiger partial charge in [0.1, 0.15) is 60.2 Å². The van der Waals surface area contributed by atoms with Crippen molar-refractivity contribution >= 4 is 102 Å². The first-order chi connectivity index (χ1) is 58.9. The molecule has 7 aromatic heterocycles. The van der Waals surface area contributed by atoms with Crippen LogP contribution in [0.1, 0.15) is 47.1 Å². The minimum absolute atomic E-state index is 0.115. The summed E-state index contributed by atoms with van der Waals surface area (Å²) in [5, 5.41) is 19.7. The molecule has 0 bridgehead atoms. The second-order valence-electron chi connectivity index (χ2n) is 29.9. The van der Waals surface area contributed by atoms with Crippen LogP contribution in [0.4, 0.5) is 10.1 Å². The van der Waals surface area contributed by atoms with Gasteiger partial charge in [-0.3, -0.25) is 38.7 Å². The lowest BCUT2D eigenvalue weighted by Gasteiger charge is -2.36. The van der Waals surface area contributed by atoms with Gasteiger partial charge in [0.05, 0.1) is 36.3 Å². The highest BCUT2D eigenvalue weighted by Gasteiger charge is 2.34. The number of rotatable bonds is 24. The predicted octanol–water partition coefficient (Wildman–Crippen LogP) is 10.1. The number of nitrogens with zero attached hydrogens (tertiary/aromatic N) is 10. The molecule has 5 aromatic carbocycles. The molecule has 11 heterocycles. The van der Waals surface area contributed by atoms with Crippen molar-refractivity contribution in [1.82, 2.24) is 68.2 Å². The van der Waals surface area contributed by atoms with Crippen LogP contribution < -0.4 is 42.2 Å². The number of nitrogens with one attached hydrogen (secondary N) is 5. The molecule has 4 saturated heterocycles. The Morgan fingerprint density at radius 1 is 0.447 bits per heavy atom. The molecular weight excluding hydrogens is 1740 g/mol. The summed E-state index contributed by atoms with van der Waals surface area (Å²) in [7, 11) is -14.2. The first-order valence-corrected chi connectivity index (χ1v) is 48.5. The van der Waals surface area contributed by atoms with Gasteiger partial charge in [-0.05, 0) is 198 Å². The molecule has 4 aliphatic rings. The maximum absolute atomic E-state index is 13.9. The van der Waals surface area contributed by atoms with E-state index < -0.39 is 51.0 Å². The lowest BCUT2D eigenvalue weighted by molar-refractivity contribution is 0.159. The average Bonchev–Trinajstić information content (AvgIpc) is 1.31. The summed E-state index contributed by atoms with van der Waals surface area (Å²) in [4.78, 5) is 72.6. The van der Waals surface area contributed by atoms with E-state index in [1.807, 2.05) is 55.5 Å². The van der Waals surface area contributed by atoms with Crippen molar-refractivity contribution in [3.63, 3.8) is 0 Å². The second-order valence-corrected chi connectivity index (χ2v) is 42.2. The predicted molar refractivity (Wildman–Crippen MR) is 476 cm³/mol. The number of anilines is 1. The summed E-state index contributed by atoms with van der Waals surface area (Å²) in [5.74, 6) is 1.87. The average molecular weight is 1830 g/mol. The molecule has 0 unspecified atom stereocenters. The second kappa shape index (κ2) is 40.7. The van der Waals surface area contributed by atoms with Crippen LogP contribution in [0.3, 0.4) is 0 Å². The van der Waals surface area contributed by atoms with E-state index in [1.54, 1.807) is 90.1 Å². The van der Waals surface area contributed by atoms with Crippen molar-refractivity contribution in [2.75, 3.05) is 129 Å². The highest BCUT2D eigenvalue weighted by molar-refractivity contribution is 7.93. The number of hydrogen-bond acceptors (Lipinski definition) is 25. The van der Waals surface area contributed by atoms with Crippen LogP contribution in [0.2, 0.25) is 5.02 Å². The number of piperazine rings is 3. The highest BCUT2D eigenvalue weighted by Crippen LogP contribution is 2.36. The number of aromatic nitrogens is 8. The van der Waals surface area contributed by atoms with Gasteiger partial charge in [-0.2, -0.15) is 28.2 Å². The molecule has 0 amide bonds. The molecule has 4 aliphatic heterocycles. The van der Waals surface area contributed by atoms with Crippen molar-refractivity contribution in [3.8, 4) is 43.2 Å². The third-order valence-electron chi connectivity index (χ3n) is 21.3. The van der Waals surface area contributed by atoms with Crippen LogP contribution in [0.15, 0.2) is 217 Å². The Morgan fingerprint density at radius 2 is 0.886 bits per heavy atom. The van der Waals surface area contributed by atoms with Crippen molar-refractivity contribution in [3.05, 3.63) is 266 Å². The molecule has 123 heavy (non-hydrogen) atoms. The zero-order chi connectivity index (χ0) is 87.2. The lowest BCUT2D eigenvalue weighted by Crippen LogP contribution is -2.49. The van der Waals surface area contributed by atoms with Crippen LogP contribution in [0, 0.1) is 39.4 Å². The minimum Gasteiger partial charge on any atom is -0.492 e. The van der Waals surface area contributed by atoms with Crippen LogP contribution in [-0.2, 0) is 46.5 Å². The smallest absolute Gasteiger partial charge is 0.314 e. The summed E-state index contributed by atoms with van der Waals surface area (Å²) in [5.41, 5.74) is 5.80. The molecule has 5 N–H and O–H groups in total. The number of piperidine rings is 1. The van der Waals surface area contributed by atoms with Crippen LogP contribution >= 0.6 is 45.6 Å². The van der Waals surface area contributed by atoms with Crippen molar-refractivity contribution < 1.29 is 47.5 Å². The van der Waals surface area contributed by atoms with Gasteiger partial charge in [0.2, 0.25) is 10.0 Å². The number of halogens is 2. The van der Waals surface area contributed by atoms with Gasteiger partial charge in [0, 0.05) is 133 Å². The largest absolute Gasteiger partial charge is 0.492 e. The summed E-state index contributed by atoms with van der Waals surface area (Å²) in [6.45, 7) is 18.9. The number of aromatic amines is 5. The Hall–Kier alpha value is -10.0. The van der Waals surface area contributed by atoms with E-state index in [9.17, 15) is 62.0 Å². The fourth-order valence-corrected chi connectivity index (χ4v) is 24.6. The maximum Gasteiger partial charge on any atom is 0.314 e. The number of sulfone groups is 1. The van der Waals surface area contributed by atoms with Crippen LogP contribution in [0.25, 0.3) is 42.7 Å². The molecule has 4 fully saturated rings. The summed E-state index contributed by atoms with van der Waals surface area (Å²) in [6, 6.07) is 50.1. The molecule has 30 nitrogen and oxygen atoms in total. The zero-order valence-electron chi connectivity index (χ0n) is 67.8. The van der Waals surface area contributed by atoms with Gasteiger partial charge in [0.25, 0.3) is 36.7 Å². The van der Waals surface area contributed by atoms with Gasteiger partial charge >= 0.3 is 11.1 Å². The SMILES string of the molecule is Cc1ccc(C)c(N2CCN(S(=O)(=O)c3ccc(-c4ccc(=O)[nH]n4)s3)CC2)c1.Cc1ccc(OCCN2CCN(S(=O)(=O)c3cc4[nH]c(=O)c(=O)[nH]c4cc3C)CC2)cc1.O=c1ccc(-c2ccc(S(=O)(=O)CCC3CCN(Cc4ccccc4F)CC3)s2)n[nH]1.O=c1ccc(-c2ccc(S(=O)(=O)N3CCN(CCOc4ccc(Cl)cc4)CC3)s2)n[nH]1. The molecule has 0 radical (unpaired) electrons. The topological polar surface area (TPSA) is 381 Å². The van der Waals surface area contributed by atoms with E-state index in [2.05, 4.69) is 92.2 Å². The number of H-pyrrole nitrogens is 5. The van der Waals surface area contributed by atoms with Gasteiger partial charge in [-0.15, -0.1) is 34.0 Å². The third kappa shape index (κ3) is 23.7. The Balaban J connectivity index is 0.000000141. The van der Waals surface area contributed by atoms with Gasteiger partial charge in [0.15, 0.2) is 9.84 Å². The van der Waals surface area contributed by atoms with Crippen LogP contribution in [0.5, 0.6) is 11.5 Å². The number of aryl methyl sites for hydroxylation is 4. The fraction of sp³-hybridized carbons (Fsp3) is 0.333. The molecule has 0 spiro atoms. The third-order valence-corrected chi connectivity index (χ3v) is 34.0. The number of hydrogen-bond donors (Lipinski definition) is 5. The van der Waals surface area contributed by atoms with Crippen LogP contribution in [-0.4, -0.2) is 226 Å². The number of sulfonamides is 3. The Labute approximate surface area is 727 Å². The Bertz CT molecular complexity index is 6410. The monoisotopic (exact) mass is 1830 g/mol. The Kier molecular flexibility index (Phi) is 30.0. The minimum atomic E-state index is -3.74. The molecule has 16 rings (SSSR count). The molecule has 0 aliphatic carbocycles. The molecular formula is C84H93ClFN15O15S7. The number of thiophene rings is 3. The van der Waals surface area contributed by atoms with Gasteiger partial charge < -0.3 is 24.3 Å². The molecule has 12 aromatic rings. The van der Waals surface area contributed by atoms with E-state index in [-0.39, 0.29) is 42.9 Å². The number of ether oxygens (including phenoxy) is 2. The number of benzene rings is 5. The molecule has 39 heteroatoms. The van der Waals surface area contributed by atoms with E-state index in [0.717, 1.165) is 55.3 Å². The summed E-state index contributed by atoms with van der Waals surface area (Å²) < 4.78 is 135. The van der Waals surface area contributed by atoms with Crippen molar-refractivity contribution in [2.24, 2.45) is 5.92 Å². The Morgan fingerprint density at radius 3 is 1.37 bits per heavy atom. The molecule has 650 valence electrons. The quantitative estimate of drug-likeness (QED) is 0.0351. The first-order valence-electron chi connectivity index (χ1n) is 39.7. The summed E-state index contributed by atoms with van der Waals surface area (Å²) in [6.07, 6.45) is 2.46. The van der Waals surface area contributed by atoms with Crippen molar-refractivity contribution in [2.45, 2.75) is 71.0 Å². The lowest BCUT2D eigenvalue weighted by atomic mass is 9.94. The van der Waals surface area contributed by atoms with E-state index in [4.69, 9.17) is 21.1 Å². The first kappa shape index (κ1) is 90.7. The molecule has 0 saturated carbocycles. The van der Waals surface area contributed by atoms with Gasteiger partial charge in [-0.1, -0.05) is 59.6 Å². The maximum atomic E-state index is 13.9. The highest BCUT2D eigenvalue weighted by atomic mass is 35.5. The fourth-order valence-electron chi connectivity index (χ4n) is 14.3. The molecule has 0 atom stereocenters. The van der Waals surface area contributed by atoms with E-state index in [0.29, 0.717) is 179 Å². The summed E-state index contributed by atoms with van der Waals surface area (Å²) >= 11 is 9.35. The van der Waals surface area contributed by atoms with E-state index in [1.165, 1.54) is 84.0 Å². The normalized spacial score (nSPS) is 15.8. The van der Waals surface area contributed by atoms with E-state index >= 15 is 0 Å². The van der Waals surface area contributed by atoms with Gasteiger partial charge in [-0.25, -0.2) is 53.4 Å². The van der Waals surface area contributed by atoms with Crippen molar-refractivity contribution in [1.29, 1.82) is 0 Å². The number of fused-ring (bicyclic) bond motifs is 1.